The standard InChI is InChI=1S/C10H12N2S/c11-5-6-13-8-10-4-2-1-3-9(10)7-12/h1-4H,5-6,8,11H2. The molecule has 13 heavy (non-hydrogen) atoms. The van der Waals surface area contributed by atoms with Crippen molar-refractivity contribution >= 4 is 11.8 Å². The Balaban J connectivity index is 2.60. The zero-order valence-electron chi connectivity index (χ0n) is 7.36. The Kier molecular flexibility index (Phi) is 4.37. The number of benzene rings is 1. The third-order valence-electron chi connectivity index (χ3n) is 1.66. The molecular formula is C10H12N2S. The highest BCUT2D eigenvalue weighted by Crippen LogP contribution is 2.15. The Morgan fingerprint density at radius 3 is 2.85 bits per heavy atom. The molecule has 0 spiro atoms. The quantitative estimate of drug-likeness (QED) is 0.739. The lowest BCUT2D eigenvalue weighted by molar-refractivity contribution is 1.15. The van der Waals surface area contributed by atoms with E-state index in [2.05, 4.69) is 6.07 Å². The van der Waals surface area contributed by atoms with Gasteiger partial charge in [0.1, 0.15) is 0 Å². The monoisotopic (exact) mass is 192 g/mol. The Labute approximate surface area is 82.7 Å². The summed E-state index contributed by atoms with van der Waals surface area (Å²) in [5, 5.41) is 8.79. The molecule has 0 atom stereocenters. The lowest BCUT2D eigenvalue weighted by Crippen LogP contribution is -2.01. The maximum absolute atomic E-state index is 8.79. The molecule has 0 aliphatic heterocycles. The number of nitrogens with zero attached hydrogens (tertiary/aromatic N) is 1. The van der Waals surface area contributed by atoms with Gasteiger partial charge < -0.3 is 5.73 Å². The SMILES string of the molecule is N#Cc1ccccc1CSCCN. The maximum atomic E-state index is 8.79. The minimum atomic E-state index is 0.694. The summed E-state index contributed by atoms with van der Waals surface area (Å²) in [6.45, 7) is 0.694. The summed E-state index contributed by atoms with van der Waals surface area (Å²) in [6.07, 6.45) is 0. The minimum Gasteiger partial charge on any atom is -0.330 e. The Hall–Kier alpha value is -0.980. The van der Waals surface area contributed by atoms with Crippen molar-refractivity contribution in [2.45, 2.75) is 5.75 Å². The first-order valence-electron chi connectivity index (χ1n) is 4.14. The van der Waals surface area contributed by atoms with Gasteiger partial charge >= 0.3 is 0 Å². The Morgan fingerprint density at radius 1 is 1.38 bits per heavy atom. The van der Waals surface area contributed by atoms with Crippen molar-refractivity contribution in [3.05, 3.63) is 35.4 Å². The van der Waals surface area contributed by atoms with Gasteiger partial charge in [-0.15, -0.1) is 0 Å². The zero-order chi connectivity index (χ0) is 9.52. The van der Waals surface area contributed by atoms with Gasteiger partial charge in [0.15, 0.2) is 0 Å². The largest absolute Gasteiger partial charge is 0.330 e. The molecule has 68 valence electrons. The first kappa shape index (κ1) is 10.1. The first-order valence-corrected chi connectivity index (χ1v) is 5.29. The van der Waals surface area contributed by atoms with Crippen molar-refractivity contribution in [3.63, 3.8) is 0 Å². The molecule has 0 bridgehead atoms. The van der Waals surface area contributed by atoms with Crippen LogP contribution < -0.4 is 5.73 Å². The molecule has 0 radical (unpaired) electrons. The summed E-state index contributed by atoms with van der Waals surface area (Å²) < 4.78 is 0. The van der Waals surface area contributed by atoms with E-state index in [4.69, 9.17) is 11.0 Å². The van der Waals surface area contributed by atoms with Crippen LogP contribution in [0.2, 0.25) is 0 Å². The lowest BCUT2D eigenvalue weighted by atomic mass is 10.1. The molecule has 0 saturated carbocycles. The molecule has 0 unspecified atom stereocenters. The van der Waals surface area contributed by atoms with Crippen LogP contribution in [0.3, 0.4) is 0 Å². The summed E-state index contributed by atoms with van der Waals surface area (Å²) in [6, 6.07) is 9.85. The first-order chi connectivity index (χ1) is 6.38. The molecular weight excluding hydrogens is 180 g/mol. The smallest absolute Gasteiger partial charge is 0.0994 e. The van der Waals surface area contributed by atoms with Gasteiger partial charge in [-0.3, -0.25) is 0 Å². The molecule has 0 aliphatic rings. The molecule has 0 aliphatic carbocycles. The molecule has 1 aromatic rings. The lowest BCUT2D eigenvalue weighted by Gasteiger charge is -2.01. The maximum Gasteiger partial charge on any atom is 0.0994 e. The molecule has 0 fully saturated rings. The van der Waals surface area contributed by atoms with E-state index in [-0.39, 0.29) is 0 Å². The van der Waals surface area contributed by atoms with Crippen molar-refractivity contribution in [1.82, 2.24) is 0 Å². The van der Waals surface area contributed by atoms with Crippen LogP contribution in [0, 0.1) is 11.3 Å². The minimum absolute atomic E-state index is 0.694. The highest BCUT2D eigenvalue weighted by atomic mass is 32.2. The van der Waals surface area contributed by atoms with Crippen LogP contribution in [-0.2, 0) is 5.75 Å². The molecule has 3 heteroatoms. The molecule has 1 rings (SSSR count). The van der Waals surface area contributed by atoms with Gasteiger partial charge in [-0.05, 0) is 11.6 Å². The van der Waals surface area contributed by atoms with E-state index in [1.807, 2.05) is 24.3 Å². The van der Waals surface area contributed by atoms with E-state index < -0.39 is 0 Å². The molecule has 0 saturated heterocycles. The number of hydrogen-bond donors (Lipinski definition) is 1. The number of nitriles is 1. The predicted molar refractivity (Wildman–Crippen MR) is 56.4 cm³/mol. The van der Waals surface area contributed by atoms with Crippen LogP contribution >= 0.6 is 11.8 Å². The van der Waals surface area contributed by atoms with Crippen molar-refractivity contribution in [2.75, 3.05) is 12.3 Å². The Morgan fingerprint density at radius 2 is 2.15 bits per heavy atom. The summed E-state index contributed by atoms with van der Waals surface area (Å²) in [7, 11) is 0. The van der Waals surface area contributed by atoms with Crippen molar-refractivity contribution in [2.24, 2.45) is 5.73 Å². The second kappa shape index (κ2) is 5.63. The number of nitrogens with two attached hydrogens (primary N) is 1. The third-order valence-corrected chi connectivity index (χ3v) is 2.70. The van der Waals surface area contributed by atoms with Gasteiger partial charge in [0.05, 0.1) is 11.6 Å². The van der Waals surface area contributed by atoms with Gasteiger partial charge in [0, 0.05) is 18.1 Å². The second-order valence-corrected chi connectivity index (χ2v) is 3.72. The van der Waals surface area contributed by atoms with Gasteiger partial charge in [0.2, 0.25) is 0 Å². The fourth-order valence-corrected chi connectivity index (χ4v) is 1.80. The third kappa shape index (κ3) is 3.10. The second-order valence-electron chi connectivity index (χ2n) is 2.61. The van der Waals surface area contributed by atoms with E-state index in [0.717, 1.165) is 22.6 Å². The van der Waals surface area contributed by atoms with E-state index in [1.54, 1.807) is 11.8 Å². The Bertz CT molecular complexity index is 304. The highest BCUT2D eigenvalue weighted by Gasteiger charge is 1.99. The molecule has 0 heterocycles. The van der Waals surface area contributed by atoms with E-state index in [9.17, 15) is 0 Å². The van der Waals surface area contributed by atoms with Crippen LogP contribution in [0.25, 0.3) is 0 Å². The van der Waals surface area contributed by atoms with Crippen molar-refractivity contribution < 1.29 is 0 Å². The molecule has 0 aromatic heterocycles. The number of hydrogen-bond acceptors (Lipinski definition) is 3. The fraction of sp³-hybridized carbons (Fsp3) is 0.300. The fourth-order valence-electron chi connectivity index (χ4n) is 1.02. The van der Waals surface area contributed by atoms with Crippen LogP contribution in [0.5, 0.6) is 0 Å². The van der Waals surface area contributed by atoms with Gasteiger partial charge in [0.25, 0.3) is 0 Å². The van der Waals surface area contributed by atoms with Crippen LogP contribution in [0.15, 0.2) is 24.3 Å². The normalized spacial score (nSPS) is 9.54. The van der Waals surface area contributed by atoms with Crippen molar-refractivity contribution in [3.8, 4) is 6.07 Å². The van der Waals surface area contributed by atoms with E-state index >= 15 is 0 Å². The average molecular weight is 192 g/mol. The summed E-state index contributed by atoms with van der Waals surface area (Å²) in [4.78, 5) is 0. The predicted octanol–water partition coefficient (Wildman–Crippen LogP) is 1.75. The summed E-state index contributed by atoms with van der Waals surface area (Å²) in [5.74, 6) is 1.82. The van der Waals surface area contributed by atoms with E-state index in [1.165, 1.54) is 0 Å². The summed E-state index contributed by atoms with van der Waals surface area (Å²) in [5.41, 5.74) is 7.25. The van der Waals surface area contributed by atoms with Crippen LogP contribution in [0.4, 0.5) is 0 Å². The number of rotatable bonds is 4. The molecule has 2 nitrogen and oxygen atoms in total. The van der Waals surface area contributed by atoms with Gasteiger partial charge in [-0.25, -0.2) is 0 Å². The van der Waals surface area contributed by atoms with Crippen molar-refractivity contribution in [1.29, 1.82) is 5.26 Å². The highest BCUT2D eigenvalue weighted by molar-refractivity contribution is 7.98. The topological polar surface area (TPSA) is 49.8 Å². The van der Waals surface area contributed by atoms with Crippen LogP contribution in [-0.4, -0.2) is 12.3 Å². The van der Waals surface area contributed by atoms with Gasteiger partial charge in [-0.2, -0.15) is 17.0 Å². The molecule has 1 aromatic carbocycles. The van der Waals surface area contributed by atoms with Gasteiger partial charge in [-0.1, -0.05) is 18.2 Å². The van der Waals surface area contributed by atoms with E-state index in [0.29, 0.717) is 6.54 Å². The van der Waals surface area contributed by atoms with Crippen LogP contribution in [0.1, 0.15) is 11.1 Å². The number of thioether (sulfide) groups is 1. The zero-order valence-corrected chi connectivity index (χ0v) is 8.18. The molecule has 2 N–H and O–H groups in total. The summed E-state index contributed by atoms with van der Waals surface area (Å²) >= 11 is 1.76. The average Bonchev–Trinajstić information content (AvgIpc) is 2.19. The molecule has 0 amide bonds.